The van der Waals surface area contributed by atoms with Gasteiger partial charge in [-0.1, -0.05) is 23.8 Å². The number of hydrogen-bond donors (Lipinski definition) is 1. The van der Waals surface area contributed by atoms with Gasteiger partial charge in [0, 0.05) is 69.4 Å². The van der Waals surface area contributed by atoms with Crippen LogP contribution in [0.15, 0.2) is 47.4 Å². The molecular weight excluding hydrogens is 452 g/mol. The number of amides is 1. The van der Waals surface area contributed by atoms with Crippen molar-refractivity contribution in [1.82, 2.24) is 19.2 Å². The van der Waals surface area contributed by atoms with Crippen molar-refractivity contribution in [3.8, 4) is 0 Å². The predicted octanol–water partition coefficient (Wildman–Crippen LogP) is 3.54. The number of aryl methyl sites for hydroxylation is 3. The summed E-state index contributed by atoms with van der Waals surface area (Å²) in [6.45, 7) is 10.3. The standard InChI is InChI=1S/C28H34N6O2/c1-5-34-27-23(18-30-34)26-21(16-19(2)17-22(26)28(36)31(27)4)10-11-29-24-8-6-7-9-25(24)33-14-12-32(13-15-33)20(3)35/h6-9,16-18,29H,5,10-15H2,1-4H3. The minimum Gasteiger partial charge on any atom is -0.383 e. The summed E-state index contributed by atoms with van der Waals surface area (Å²) in [5, 5.41) is 11.0. The number of hydrogen-bond acceptors (Lipinski definition) is 5. The Bertz CT molecular complexity index is 1490. The zero-order chi connectivity index (χ0) is 25.4. The zero-order valence-corrected chi connectivity index (χ0v) is 21.5. The average Bonchev–Trinajstić information content (AvgIpc) is 3.31. The first-order valence-electron chi connectivity index (χ1n) is 12.7. The van der Waals surface area contributed by atoms with Crippen molar-refractivity contribution in [2.24, 2.45) is 7.05 Å². The number of nitrogens with one attached hydrogen (secondary N) is 1. The summed E-state index contributed by atoms with van der Waals surface area (Å²) < 4.78 is 3.61. The van der Waals surface area contributed by atoms with E-state index in [1.165, 1.54) is 0 Å². The van der Waals surface area contributed by atoms with Crippen molar-refractivity contribution in [1.29, 1.82) is 0 Å². The third kappa shape index (κ3) is 4.21. The normalized spacial score (nSPS) is 14.1. The number of para-hydroxylation sites is 2. The highest BCUT2D eigenvalue weighted by molar-refractivity contribution is 6.06. The highest BCUT2D eigenvalue weighted by atomic mass is 16.2. The lowest BCUT2D eigenvalue weighted by atomic mass is 9.98. The van der Waals surface area contributed by atoms with Gasteiger partial charge >= 0.3 is 0 Å². The molecular formula is C28H34N6O2. The van der Waals surface area contributed by atoms with Crippen molar-refractivity contribution in [3.63, 3.8) is 0 Å². The predicted molar refractivity (Wildman–Crippen MR) is 146 cm³/mol. The van der Waals surface area contributed by atoms with Crippen LogP contribution in [0.4, 0.5) is 11.4 Å². The van der Waals surface area contributed by atoms with E-state index in [0.29, 0.717) is 6.54 Å². The van der Waals surface area contributed by atoms with Gasteiger partial charge in [0.05, 0.1) is 17.6 Å². The first kappa shape index (κ1) is 23.9. The fourth-order valence-corrected chi connectivity index (χ4v) is 5.46. The smallest absolute Gasteiger partial charge is 0.259 e. The third-order valence-electron chi connectivity index (χ3n) is 7.28. The molecule has 0 bridgehead atoms. The SMILES string of the molecule is CCn1ncc2c3c(CCNc4ccccc4N4CCN(C(C)=O)CC4)cc(C)cc3c(=O)n(C)c21. The fraction of sp³-hybridized carbons (Fsp3) is 0.393. The average molecular weight is 487 g/mol. The summed E-state index contributed by atoms with van der Waals surface area (Å²) in [7, 11) is 1.83. The second-order valence-corrected chi connectivity index (χ2v) is 9.60. The van der Waals surface area contributed by atoms with E-state index < -0.39 is 0 Å². The molecule has 1 N–H and O–H groups in total. The molecule has 1 amide bonds. The van der Waals surface area contributed by atoms with Crippen molar-refractivity contribution in [3.05, 3.63) is 64.1 Å². The Kier molecular flexibility index (Phi) is 6.43. The highest BCUT2D eigenvalue weighted by Crippen LogP contribution is 2.29. The summed E-state index contributed by atoms with van der Waals surface area (Å²) in [4.78, 5) is 29.2. The Morgan fingerprint density at radius 3 is 2.56 bits per heavy atom. The van der Waals surface area contributed by atoms with Crippen LogP contribution in [0.5, 0.6) is 0 Å². The summed E-state index contributed by atoms with van der Waals surface area (Å²) >= 11 is 0. The molecule has 0 spiro atoms. The summed E-state index contributed by atoms with van der Waals surface area (Å²) in [5.41, 5.74) is 5.37. The number of carbonyl (C=O) groups excluding carboxylic acids is 1. The van der Waals surface area contributed by atoms with Gasteiger partial charge in [-0.2, -0.15) is 5.10 Å². The van der Waals surface area contributed by atoms with Crippen LogP contribution in [0.2, 0.25) is 0 Å². The second kappa shape index (κ2) is 9.68. The molecule has 2 aromatic heterocycles. The van der Waals surface area contributed by atoms with E-state index in [9.17, 15) is 9.59 Å². The molecule has 1 aliphatic rings. The molecule has 8 nitrogen and oxygen atoms in total. The van der Waals surface area contributed by atoms with Crippen LogP contribution in [-0.4, -0.2) is 57.9 Å². The maximum Gasteiger partial charge on any atom is 0.259 e. The number of anilines is 2. The first-order valence-corrected chi connectivity index (χ1v) is 12.7. The minimum atomic E-state index is 0.0145. The van der Waals surface area contributed by atoms with Gasteiger partial charge in [0.25, 0.3) is 5.56 Å². The van der Waals surface area contributed by atoms with Gasteiger partial charge < -0.3 is 15.1 Å². The van der Waals surface area contributed by atoms with Gasteiger partial charge in [-0.3, -0.25) is 14.2 Å². The number of benzene rings is 2. The Morgan fingerprint density at radius 1 is 1.08 bits per heavy atom. The Hall–Kier alpha value is -3.81. The lowest BCUT2D eigenvalue weighted by Gasteiger charge is -2.36. The summed E-state index contributed by atoms with van der Waals surface area (Å²) in [6.07, 6.45) is 2.67. The molecule has 1 saturated heterocycles. The van der Waals surface area contributed by atoms with Gasteiger partial charge in [0.15, 0.2) is 0 Å². The monoisotopic (exact) mass is 486 g/mol. The minimum absolute atomic E-state index is 0.0145. The quantitative estimate of drug-likeness (QED) is 0.451. The van der Waals surface area contributed by atoms with Crippen molar-refractivity contribution >= 4 is 39.1 Å². The van der Waals surface area contributed by atoms with E-state index >= 15 is 0 Å². The lowest BCUT2D eigenvalue weighted by Crippen LogP contribution is -2.48. The molecule has 1 fully saturated rings. The maximum absolute atomic E-state index is 13.3. The molecule has 0 unspecified atom stereocenters. The van der Waals surface area contributed by atoms with Gasteiger partial charge in [0.2, 0.25) is 5.91 Å². The number of rotatable bonds is 6. The largest absolute Gasteiger partial charge is 0.383 e. The number of piperazine rings is 1. The van der Waals surface area contributed by atoms with Gasteiger partial charge in [-0.15, -0.1) is 0 Å². The van der Waals surface area contributed by atoms with E-state index in [1.807, 2.05) is 48.8 Å². The van der Waals surface area contributed by atoms with Crippen LogP contribution >= 0.6 is 0 Å². The molecule has 2 aromatic carbocycles. The van der Waals surface area contributed by atoms with E-state index in [0.717, 1.165) is 83.5 Å². The Morgan fingerprint density at radius 2 is 1.83 bits per heavy atom. The molecule has 36 heavy (non-hydrogen) atoms. The number of aromatic nitrogens is 3. The molecule has 188 valence electrons. The van der Waals surface area contributed by atoms with Gasteiger partial charge in [-0.25, -0.2) is 4.68 Å². The van der Waals surface area contributed by atoms with E-state index in [-0.39, 0.29) is 11.5 Å². The number of pyridine rings is 1. The lowest BCUT2D eigenvalue weighted by molar-refractivity contribution is -0.129. The molecule has 0 radical (unpaired) electrons. The summed E-state index contributed by atoms with van der Waals surface area (Å²) in [5.74, 6) is 0.139. The Balaban J connectivity index is 1.42. The molecule has 4 aromatic rings. The van der Waals surface area contributed by atoms with Crippen LogP contribution in [0.1, 0.15) is 25.0 Å². The van der Waals surface area contributed by atoms with Crippen LogP contribution in [0, 0.1) is 6.92 Å². The van der Waals surface area contributed by atoms with Crippen molar-refractivity contribution in [2.45, 2.75) is 33.7 Å². The maximum atomic E-state index is 13.3. The first-order chi connectivity index (χ1) is 17.4. The number of fused-ring (bicyclic) bond motifs is 3. The van der Waals surface area contributed by atoms with Crippen molar-refractivity contribution < 1.29 is 4.79 Å². The molecule has 0 saturated carbocycles. The molecule has 5 rings (SSSR count). The van der Waals surface area contributed by atoms with Crippen LogP contribution in [-0.2, 0) is 24.8 Å². The fourth-order valence-electron chi connectivity index (χ4n) is 5.46. The number of carbonyl (C=O) groups is 1. The number of nitrogens with zero attached hydrogens (tertiary/aromatic N) is 5. The van der Waals surface area contributed by atoms with Crippen molar-refractivity contribution in [2.75, 3.05) is 42.9 Å². The highest BCUT2D eigenvalue weighted by Gasteiger charge is 2.21. The van der Waals surface area contributed by atoms with E-state index in [2.05, 4.69) is 39.6 Å². The summed E-state index contributed by atoms with van der Waals surface area (Å²) in [6, 6.07) is 12.5. The van der Waals surface area contributed by atoms with Gasteiger partial charge in [-0.05, 0) is 44.0 Å². The molecule has 8 heteroatoms. The third-order valence-corrected chi connectivity index (χ3v) is 7.28. The van der Waals surface area contributed by atoms with Crippen LogP contribution < -0.4 is 15.8 Å². The molecule has 0 aliphatic carbocycles. The topological polar surface area (TPSA) is 75.4 Å². The second-order valence-electron chi connectivity index (χ2n) is 9.60. The zero-order valence-electron chi connectivity index (χ0n) is 21.5. The van der Waals surface area contributed by atoms with E-state index in [4.69, 9.17) is 0 Å². The molecule has 3 heterocycles. The van der Waals surface area contributed by atoms with Gasteiger partial charge in [0.1, 0.15) is 5.65 Å². The molecule has 1 aliphatic heterocycles. The Labute approximate surface area is 211 Å². The van der Waals surface area contributed by atoms with E-state index in [1.54, 1.807) is 11.5 Å². The molecule has 0 atom stereocenters. The van der Waals surface area contributed by atoms with Crippen LogP contribution in [0.25, 0.3) is 21.8 Å². The van der Waals surface area contributed by atoms with Crippen LogP contribution in [0.3, 0.4) is 0 Å².